The molecule has 0 bridgehead atoms. The van der Waals surface area contributed by atoms with Crippen LogP contribution in [0, 0.1) is 0 Å². The third kappa shape index (κ3) is 1.54. The second-order valence-electron chi connectivity index (χ2n) is 3.42. The molecule has 0 spiro atoms. The van der Waals surface area contributed by atoms with Crippen LogP contribution in [0.1, 0.15) is 34.5 Å². The second-order valence-corrected chi connectivity index (χ2v) is 4.27. The van der Waals surface area contributed by atoms with E-state index in [2.05, 4.69) is 20.9 Å². The van der Waals surface area contributed by atoms with Crippen molar-refractivity contribution in [2.45, 2.75) is 25.7 Å². The Morgan fingerprint density at radius 2 is 2.14 bits per heavy atom. The number of carbonyl (C=O) groups is 1. The van der Waals surface area contributed by atoms with Crippen molar-refractivity contribution >= 4 is 21.9 Å². The number of hydrogen-bond acceptors (Lipinski definition) is 2. The number of pyridine rings is 1. The third-order valence-electron chi connectivity index (χ3n) is 2.53. The Bertz CT molecular complexity index is 390. The van der Waals surface area contributed by atoms with Crippen LogP contribution in [0.4, 0.5) is 0 Å². The van der Waals surface area contributed by atoms with E-state index < -0.39 is 5.97 Å². The van der Waals surface area contributed by atoms with Gasteiger partial charge < -0.3 is 5.11 Å². The van der Waals surface area contributed by atoms with E-state index in [0.29, 0.717) is 10.0 Å². The Morgan fingerprint density at radius 3 is 2.86 bits per heavy atom. The molecule has 0 radical (unpaired) electrons. The van der Waals surface area contributed by atoms with Crippen LogP contribution in [-0.2, 0) is 12.8 Å². The first-order valence-corrected chi connectivity index (χ1v) is 5.39. The molecule has 0 unspecified atom stereocenters. The number of rotatable bonds is 1. The van der Waals surface area contributed by atoms with Crippen LogP contribution in [0.5, 0.6) is 0 Å². The summed E-state index contributed by atoms with van der Waals surface area (Å²) in [4.78, 5) is 15.3. The highest BCUT2D eigenvalue weighted by Gasteiger charge is 2.20. The molecule has 0 fully saturated rings. The molecule has 1 aliphatic carbocycles. The molecular formula is C10H10BrNO2. The van der Waals surface area contributed by atoms with Crippen molar-refractivity contribution in [2.75, 3.05) is 0 Å². The Balaban J connectivity index is 2.60. The maximum Gasteiger partial charge on any atom is 0.337 e. The van der Waals surface area contributed by atoms with Gasteiger partial charge in [0.15, 0.2) is 0 Å². The van der Waals surface area contributed by atoms with Crippen LogP contribution in [0.3, 0.4) is 0 Å². The minimum Gasteiger partial charge on any atom is -0.478 e. The average molecular weight is 256 g/mol. The van der Waals surface area contributed by atoms with Crippen LogP contribution >= 0.6 is 15.9 Å². The standard InChI is InChI=1S/C10H10BrNO2/c11-7-5-12-8-4-2-1-3-6(8)9(7)10(13)14/h5H,1-4H2,(H,13,14). The summed E-state index contributed by atoms with van der Waals surface area (Å²) in [5, 5.41) is 9.06. The Kier molecular flexibility index (Phi) is 2.54. The number of aromatic carboxylic acids is 1. The lowest BCUT2D eigenvalue weighted by Crippen LogP contribution is -2.12. The van der Waals surface area contributed by atoms with Crippen LogP contribution in [0.25, 0.3) is 0 Å². The van der Waals surface area contributed by atoms with Gasteiger partial charge in [-0.25, -0.2) is 4.79 Å². The smallest absolute Gasteiger partial charge is 0.337 e. The van der Waals surface area contributed by atoms with Gasteiger partial charge in [0.05, 0.1) is 10.0 Å². The molecule has 0 saturated carbocycles. The van der Waals surface area contributed by atoms with Gasteiger partial charge in [-0.1, -0.05) is 0 Å². The summed E-state index contributed by atoms with van der Waals surface area (Å²) in [6, 6.07) is 0. The van der Waals surface area contributed by atoms with E-state index in [0.717, 1.165) is 36.9 Å². The summed E-state index contributed by atoms with van der Waals surface area (Å²) in [5.41, 5.74) is 2.27. The molecule has 74 valence electrons. The van der Waals surface area contributed by atoms with Gasteiger partial charge in [-0.3, -0.25) is 4.98 Å². The zero-order valence-corrected chi connectivity index (χ0v) is 9.17. The molecule has 1 aliphatic rings. The number of aryl methyl sites for hydroxylation is 1. The summed E-state index contributed by atoms with van der Waals surface area (Å²) in [7, 11) is 0. The summed E-state index contributed by atoms with van der Waals surface area (Å²) in [6.07, 6.45) is 5.51. The van der Waals surface area contributed by atoms with Crippen molar-refractivity contribution in [3.63, 3.8) is 0 Å². The number of carboxylic acid groups (broad SMARTS) is 1. The molecule has 1 aromatic rings. The predicted molar refractivity (Wildman–Crippen MR) is 55.5 cm³/mol. The Morgan fingerprint density at radius 1 is 1.43 bits per heavy atom. The first-order valence-electron chi connectivity index (χ1n) is 4.59. The molecule has 0 saturated heterocycles. The number of aromatic nitrogens is 1. The third-order valence-corrected chi connectivity index (χ3v) is 3.13. The molecule has 2 rings (SSSR count). The molecule has 1 heterocycles. The van der Waals surface area contributed by atoms with Gasteiger partial charge in [0.1, 0.15) is 0 Å². The first kappa shape index (κ1) is 9.65. The Hall–Kier alpha value is -0.900. The van der Waals surface area contributed by atoms with Crippen LogP contribution in [0.2, 0.25) is 0 Å². The molecule has 3 nitrogen and oxygen atoms in total. The summed E-state index contributed by atoms with van der Waals surface area (Å²) in [6.45, 7) is 0. The van der Waals surface area contributed by atoms with Gasteiger partial charge in [-0.05, 0) is 47.2 Å². The van der Waals surface area contributed by atoms with E-state index in [1.54, 1.807) is 6.20 Å². The molecule has 4 heteroatoms. The fraction of sp³-hybridized carbons (Fsp3) is 0.400. The summed E-state index contributed by atoms with van der Waals surface area (Å²) < 4.78 is 0.589. The van der Waals surface area contributed by atoms with Crippen molar-refractivity contribution in [1.82, 2.24) is 4.98 Å². The van der Waals surface area contributed by atoms with Crippen LogP contribution < -0.4 is 0 Å². The molecule has 0 aliphatic heterocycles. The summed E-state index contributed by atoms with van der Waals surface area (Å²) >= 11 is 3.23. The maximum atomic E-state index is 11.0. The minimum absolute atomic E-state index is 0.398. The van der Waals surface area contributed by atoms with Crippen molar-refractivity contribution in [1.29, 1.82) is 0 Å². The van der Waals surface area contributed by atoms with Gasteiger partial charge in [0.2, 0.25) is 0 Å². The monoisotopic (exact) mass is 255 g/mol. The average Bonchev–Trinajstić information content (AvgIpc) is 2.17. The number of hydrogen-bond donors (Lipinski definition) is 1. The zero-order valence-electron chi connectivity index (χ0n) is 7.59. The number of halogens is 1. The molecule has 0 atom stereocenters. The van der Waals surface area contributed by atoms with Gasteiger partial charge in [0, 0.05) is 11.9 Å². The highest BCUT2D eigenvalue weighted by molar-refractivity contribution is 9.10. The van der Waals surface area contributed by atoms with Crippen LogP contribution in [-0.4, -0.2) is 16.1 Å². The number of nitrogens with zero attached hydrogens (tertiary/aromatic N) is 1. The highest BCUT2D eigenvalue weighted by Crippen LogP contribution is 2.27. The molecule has 0 aromatic carbocycles. The molecule has 14 heavy (non-hydrogen) atoms. The molecule has 1 aromatic heterocycles. The fourth-order valence-corrected chi connectivity index (χ4v) is 2.39. The van der Waals surface area contributed by atoms with E-state index >= 15 is 0 Å². The lowest BCUT2D eigenvalue weighted by molar-refractivity contribution is 0.0694. The first-order chi connectivity index (χ1) is 6.70. The van der Waals surface area contributed by atoms with E-state index in [-0.39, 0.29) is 0 Å². The quantitative estimate of drug-likeness (QED) is 0.839. The van der Waals surface area contributed by atoms with E-state index in [9.17, 15) is 4.79 Å². The zero-order chi connectivity index (χ0) is 10.1. The van der Waals surface area contributed by atoms with Gasteiger partial charge >= 0.3 is 5.97 Å². The SMILES string of the molecule is O=C(O)c1c(Br)cnc2c1CCCC2. The molecular weight excluding hydrogens is 246 g/mol. The lowest BCUT2D eigenvalue weighted by Gasteiger charge is -2.17. The predicted octanol–water partition coefficient (Wildman–Crippen LogP) is 2.42. The van der Waals surface area contributed by atoms with E-state index in [4.69, 9.17) is 5.11 Å². The largest absolute Gasteiger partial charge is 0.478 e. The van der Waals surface area contributed by atoms with E-state index in [1.165, 1.54) is 0 Å². The topological polar surface area (TPSA) is 50.2 Å². The van der Waals surface area contributed by atoms with Crippen molar-refractivity contribution in [2.24, 2.45) is 0 Å². The highest BCUT2D eigenvalue weighted by atomic mass is 79.9. The van der Waals surface area contributed by atoms with Gasteiger partial charge in [0.25, 0.3) is 0 Å². The number of carboxylic acids is 1. The normalized spacial score (nSPS) is 14.9. The maximum absolute atomic E-state index is 11.0. The molecule has 1 N–H and O–H groups in total. The fourth-order valence-electron chi connectivity index (χ4n) is 1.88. The van der Waals surface area contributed by atoms with Crippen molar-refractivity contribution < 1.29 is 9.90 Å². The summed E-state index contributed by atoms with van der Waals surface area (Å²) in [5.74, 6) is -0.863. The van der Waals surface area contributed by atoms with Crippen molar-refractivity contribution in [3.8, 4) is 0 Å². The van der Waals surface area contributed by atoms with Gasteiger partial charge in [-0.15, -0.1) is 0 Å². The van der Waals surface area contributed by atoms with Crippen molar-refractivity contribution in [3.05, 3.63) is 27.5 Å². The Labute approximate surface area is 90.3 Å². The number of fused-ring (bicyclic) bond motifs is 1. The second kappa shape index (κ2) is 3.69. The van der Waals surface area contributed by atoms with Crippen LogP contribution in [0.15, 0.2) is 10.7 Å². The molecule has 0 amide bonds. The van der Waals surface area contributed by atoms with E-state index in [1.807, 2.05) is 0 Å². The lowest BCUT2D eigenvalue weighted by atomic mass is 9.92. The minimum atomic E-state index is -0.863. The van der Waals surface area contributed by atoms with Gasteiger partial charge in [-0.2, -0.15) is 0 Å².